The molecule has 0 spiro atoms. The van der Waals surface area contributed by atoms with Crippen molar-refractivity contribution >= 4 is 34.4 Å². The molecule has 4 aromatic rings. The van der Waals surface area contributed by atoms with Crippen molar-refractivity contribution in [3.63, 3.8) is 0 Å². The van der Waals surface area contributed by atoms with Crippen molar-refractivity contribution < 1.29 is 4.74 Å². The molecule has 2 aromatic carbocycles. The number of nitrogens with one attached hydrogen (secondary N) is 2. The van der Waals surface area contributed by atoms with Gasteiger partial charge in [0.2, 0.25) is 11.9 Å². The Balaban J connectivity index is 1.24. The highest BCUT2D eigenvalue weighted by Crippen LogP contribution is 2.35. The van der Waals surface area contributed by atoms with E-state index in [2.05, 4.69) is 61.5 Å². The first-order valence-corrected chi connectivity index (χ1v) is 12.5. The van der Waals surface area contributed by atoms with Gasteiger partial charge in [0.15, 0.2) is 5.65 Å². The molecule has 1 saturated carbocycles. The maximum absolute atomic E-state index is 5.45. The number of ether oxygens (including phenoxy) is 1. The number of rotatable bonds is 7. The molecule has 1 aliphatic carbocycles. The average molecular weight is 470 g/mol. The number of hydrogen-bond acceptors (Lipinski definition) is 7. The van der Waals surface area contributed by atoms with E-state index in [4.69, 9.17) is 14.7 Å². The van der Waals surface area contributed by atoms with Gasteiger partial charge in [0.25, 0.3) is 0 Å². The third kappa shape index (κ3) is 4.99. The number of nitrogens with zero attached hydrogens (tertiary/aromatic N) is 5. The summed E-state index contributed by atoms with van der Waals surface area (Å²) in [4.78, 5) is 16.7. The molecule has 8 heteroatoms. The van der Waals surface area contributed by atoms with Gasteiger partial charge >= 0.3 is 0 Å². The SMILES string of the molecule is c1ccc(Nc2nc3cnc(Nc4ccc(CN5CCOCC5)cc4)nc3n2C2CCCC2)cc1. The van der Waals surface area contributed by atoms with Crippen LogP contribution in [0.1, 0.15) is 37.3 Å². The maximum Gasteiger partial charge on any atom is 0.229 e. The Morgan fingerprint density at radius 2 is 1.60 bits per heavy atom. The number of hydrogen-bond donors (Lipinski definition) is 2. The average Bonchev–Trinajstić information content (AvgIpc) is 3.54. The van der Waals surface area contributed by atoms with Crippen LogP contribution in [0.2, 0.25) is 0 Å². The number of para-hydroxylation sites is 1. The molecule has 0 radical (unpaired) electrons. The molecule has 8 nitrogen and oxygen atoms in total. The van der Waals surface area contributed by atoms with Crippen LogP contribution < -0.4 is 10.6 Å². The Labute approximate surface area is 205 Å². The predicted octanol–water partition coefficient (Wildman–Crippen LogP) is 5.26. The fourth-order valence-corrected chi connectivity index (χ4v) is 5.04. The number of anilines is 4. The molecule has 2 fully saturated rings. The minimum absolute atomic E-state index is 0.397. The maximum atomic E-state index is 5.45. The van der Waals surface area contributed by atoms with E-state index in [-0.39, 0.29) is 0 Å². The number of benzene rings is 2. The van der Waals surface area contributed by atoms with Gasteiger partial charge in [-0.3, -0.25) is 9.47 Å². The number of imidazole rings is 1. The van der Waals surface area contributed by atoms with Crippen LogP contribution in [0.3, 0.4) is 0 Å². The molecule has 0 atom stereocenters. The van der Waals surface area contributed by atoms with Gasteiger partial charge in [0, 0.05) is 37.1 Å². The fourth-order valence-electron chi connectivity index (χ4n) is 5.04. The molecule has 35 heavy (non-hydrogen) atoms. The van der Waals surface area contributed by atoms with Crippen LogP contribution in [0.25, 0.3) is 11.2 Å². The lowest BCUT2D eigenvalue weighted by atomic mass is 10.2. The Bertz CT molecular complexity index is 1260. The standard InChI is InChI=1S/C27H31N7O/c1-2-6-21(7-3-1)30-27-31-24-18-28-26(32-25(24)34(27)23-8-4-5-9-23)29-22-12-10-20(11-13-22)19-33-14-16-35-17-15-33/h1-3,6-7,10-13,18,23H,4-5,8-9,14-17,19H2,(H,30,31)(H,28,29,32). The molecule has 0 bridgehead atoms. The van der Waals surface area contributed by atoms with Crippen molar-refractivity contribution in [2.75, 3.05) is 36.9 Å². The molecule has 1 saturated heterocycles. The first-order valence-electron chi connectivity index (χ1n) is 12.5. The molecule has 3 heterocycles. The lowest BCUT2D eigenvalue weighted by molar-refractivity contribution is 0.0342. The summed E-state index contributed by atoms with van der Waals surface area (Å²) in [6, 6.07) is 19.1. The zero-order valence-corrected chi connectivity index (χ0v) is 19.9. The van der Waals surface area contributed by atoms with E-state index in [0.29, 0.717) is 12.0 Å². The van der Waals surface area contributed by atoms with E-state index < -0.39 is 0 Å². The smallest absolute Gasteiger partial charge is 0.229 e. The van der Waals surface area contributed by atoms with Gasteiger partial charge in [-0.1, -0.05) is 43.2 Å². The van der Waals surface area contributed by atoms with E-state index in [1.807, 2.05) is 24.4 Å². The summed E-state index contributed by atoms with van der Waals surface area (Å²) in [6.45, 7) is 4.57. The van der Waals surface area contributed by atoms with Crippen LogP contribution >= 0.6 is 0 Å². The molecule has 6 rings (SSSR count). The second-order valence-electron chi connectivity index (χ2n) is 9.35. The van der Waals surface area contributed by atoms with Crippen molar-refractivity contribution in [3.8, 4) is 0 Å². The van der Waals surface area contributed by atoms with Gasteiger partial charge in [-0.15, -0.1) is 0 Å². The van der Waals surface area contributed by atoms with Crippen LogP contribution in [0.5, 0.6) is 0 Å². The van der Waals surface area contributed by atoms with E-state index >= 15 is 0 Å². The van der Waals surface area contributed by atoms with Crippen molar-refractivity contribution in [1.29, 1.82) is 0 Å². The Morgan fingerprint density at radius 3 is 2.37 bits per heavy atom. The molecular weight excluding hydrogens is 438 g/mol. The van der Waals surface area contributed by atoms with Crippen molar-refractivity contribution in [3.05, 3.63) is 66.4 Å². The second-order valence-corrected chi connectivity index (χ2v) is 9.35. The summed E-state index contributed by atoms with van der Waals surface area (Å²) in [6.07, 6.45) is 6.59. The zero-order valence-electron chi connectivity index (χ0n) is 19.9. The summed E-state index contributed by atoms with van der Waals surface area (Å²) in [5.41, 5.74) is 4.97. The van der Waals surface area contributed by atoms with Crippen LogP contribution in [0, 0.1) is 0 Å². The van der Waals surface area contributed by atoms with Gasteiger partial charge in [-0.05, 0) is 42.7 Å². The highest BCUT2D eigenvalue weighted by atomic mass is 16.5. The van der Waals surface area contributed by atoms with E-state index in [1.165, 1.54) is 18.4 Å². The van der Waals surface area contributed by atoms with Gasteiger partial charge < -0.3 is 15.4 Å². The third-order valence-electron chi connectivity index (χ3n) is 6.87. The summed E-state index contributed by atoms with van der Waals surface area (Å²) in [5, 5.41) is 6.89. The van der Waals surface area contributed by atoms with Crippen LogP contribution in [-0.4, -0.2) is 50.7 Å². The molecule has 0 unspecified atom stereocenters. The van der Waals surface area contributed by atoms with E-state index in [0.717, 1.165) is 74.2 Å². The van der Waals surface area contributed by atoms with Crippen molar-refractivity contribution in [1.82, 2.24) is 24.4 Å². The Kier molecular flexibility index (Phi) is 6.30. The van der Waals surface area contributed by atoms with Crippen LogP contribution in [0.4, 0.5) is 23.3 Å². The molecule has 2 aliphatic rings. The predicted molar refractivity (Wildman–Crippen MR) is 138 cm³/mol. The molecule has 180 valence electrons. The first kappa shape index (κ1) is 22.0. The fraction of sp³-hybridized carbons (Fsp3) is 0.370. The Morgan fingerprint density at radius 1 is 0.857 bits per heavy atom. The van der Waals surface area contributed by atoms with Gasteiger partial charge in [-0.25, -0.2) is 9.97 Å². The number of fused-ring (bicyclic) bond motifs is 1. The summed E-state index contributed by atoms with van der Waals surface area (Å²) >= 11 is 0. The topological polar surface area (TPSA) is 80.1 Å². The lowest BCUT2D eigenvalue weighted by Crippen LogP contribution is -2.35. The van der Waals surface area contributed by atoms with E-state index in [9.17, 15) is 0 Å². The summed E-state index contributed by atoms with van der Waals surface area (Å²) < 4.78 is 7.72. The normalized spacial score (nSPS) is 17.1. The number of morpholine rings is 1. The molecular formula is C27H31N7O. The largest absolute Gasteiger partial charge is 0.379 e. The van der Waals surface area contributed by atoms with Crippen LogP contribution in [0.15, 0.2) is 60.8 Å². The second kappa shape index (κ2) is 10.0. The highest BCUT2D eigenvalue weighted by molar-refractivity contribution is 5.77. The van der Waals surface area contributed by atoms with Crippen molar-refractivity contribution in [2.45, 2.75) is 38.3 Å². The molecule has 1 aliphatic heterocycles. The molecule has 0 amide bonds. The zero-order chi connectivity index (χ0) is 23.5. The minimum Gasteiger partial charge on any atom is -0.379 e. The molecule has 2 N–H and O–H groups in total. The molecule has 2 aromatic heterocycles. The summed E-state index contributed by atoms with van der Waals surface area (Å²) in [7, 11) is 0. The summed E-state index contributed by atoms with van der Waals surface area (Å²) in [5.74, 6) is 1.42. The van der Waals surface area contributed by atoms with Gasteiger partial charge in [0.05, 0.1) is 19.4 Å². The number of aromatic nitrogens is 4. The van der Waals surface area contributed by atoms with Crippen LogP contribution in [-0.2, 0) is 11.3 Å². The van der Waals surface area contributed by atoms with Gasteiger partial charge in [-0.2, -0.15) is 4.98 Å². The lowest BCUT2D eigenvalue weighted by Gasteiger charge is -2.26. The van der Waals surface area contributed by atoms with E-state index in [1.54, 1.807) is 0 Å². The Hall–Kier alpha value is -3.49. The van der Waals surface area contributed by atoms with Gasteiger partial charge in [0.1, 0.15) is 5.52 Å². The first-order chi connectivity index (χ1) is 17.3. The minimum atomic E-state index is 0.397. The quantitative estimate of drug-likeness (QED) is 0.382. The third-order valence-corrected chi connectivity index (χ3v) is 6.87. The van der Waals surface area contributed by atoms with Crippen molar-refractivity contribution in [2.24, 2.45) is 0 Å². The highest BCUT2D eigenvalue weighted by Gasteiger charge is 2.24. The monoisotopic (exact) mass is 469 g/mol.